The molecule has 292 valence electrons. The van der Waals surface area contributed by atoms with E-state index in [1.165, 1.54) is 19.4 Å². The van der Waals surface area contributed by atoms with Gasteiger partial charge in [-0.3, -0.25) is 29.3 Å². The average Bonchev–Trinajstić information content (AvgIpc) is 3.87. The summed E-state index contributed by atoms with van der Waals surface area (Å²) < 4.78 is 0. The molecule has 0 spiro atoms. The second-order valence-electron chi connectivity index (χ2n) is 14.2. The largest absolute Gasteiger partial charge is 0.481 e. The fraction of sp³-hybridized carbons (Fsp3) is 0.487. The Morgan fingerprint density at radius 2 is 1.43 bits per heavy atom. The summed E-state index contributed by atoms with van der Waals surface area (Å²) in [5.41, 5.74) is 2.16. The molecule has 2 heterocycles. The number of nitrogens with zero attached hydrogens (tertiary/aromatic N) is 2. The van der Waals surface area contributed by atoms with Crippen LogP contribution in [0.3, 0.4) is 0 Å². The Hall–Kier alpha value is -5.12. The number of imidazole rings is 1. The summed E-state index contributed by atoms with van der Waals surface area (Å²) in [7, 11) is 0. The minimum Gasteiger partial charge on any atom is -0.481 e. The molecular formula is C39H53N7O8. The molecule has 1 saturated heterocycles. The number of carboxylic acids is 1. The minimum atomic E-state index is -1.73. The topological polar surface area (TPSA) is 226 Å². The highest BCUT2D eigenvalue weighted by molar-refractivity contribution is 5.91. The summed E-state index contributed by atoms with van der Waals surface area (Å²) >= 11 is 0. The monoisotopic (exact) mass is 747 g/mol. The second kappa shape index (κ2) is 20.4. The Kier molecular flexibility index (Phi) is 15.7. The van der Waals surface area contributed by atoms with Gasteiger partial charge in [-0.15, -0.1) is 0 Å². The van der Waals surface area contributed by atoms with Crippen LogP contribution in [0.25, 0.3) is 0 Å². The van der Waals surface area contributed by atoms with Crippen molar-refractivity contribution in [3.63, 3.8) is 0 Å². The Labute approximate surface area is 315 Å². The highest BCUT2D eigenvalue weighted by Gasteiger charge is 2.39. The number of aliphatic carboxylic acids is 1. The fourth-order valence-corrected chi connectivity index (χ4v) is 6.62. The number of aliphatic hydroxyl groups excluding tert-OH is 2. The van der Waals surface area contributed by atoms with Gasteiger partial charge in [0.15, 0.2) is 0 Å². The third-order valence-electron chi connectivity index (χ3n) is 9.36. The number of aliphatic hydroxyl groups is 2. The van der Waals surface area contributed by atoms with Crippen molar-refractivity contribution in [2.45, 2.75) is 102 Å². The molecule has 0 aliphatic carbocycles. The summed E-state index contributed by atoms with van der Waals surface area (Å²) in [4.78, 5) is 74.9. The number of hydrogen-bond donors (Lipinski definition) is 8. The van der Waals surface area contributed by atoms with E-state index in [0.717, 1.165) is 24.0 Å². The highest BCUT2D eigenvalue weighted by Crippen LogP contribution is 2.30. The zero-order chi connectivity index (χ0) is 39.2. The van der Waals surface area contributed by atoms with E-state index in [-0.39, 0.29) is 31.1 Å². The number of hydrogen-bond acceptors (Lipinski definition) is 9. The molecule has 0 radical (unpaired) electrons. The molecule has 15 heteroatoms. The first kappa shape index (κ1) is 41.6. The molecule has 1 aliphatic rings. The van der Waals surface area contributed by atoms with Crippen LogP contribution in [0, 0.1) is 5.92 Å². The molecule has 54 heavy (non-hydrogen) atoms. The first-order valence-corrected chi connectivity index (χ1v) is 18.4. The van der Waals surface area contributed by atoms with Gasteiger partial charge in [0.05, 0.1) is 24.5 Å². The zero-order valence-corrected chi connectivity index (χ0v) is 31.0. The lowest BCUT2D eigenvalue weighted by molar-refractivity contribution is -0.138. The first-order chi connectivity index (χ1) is 25.8. The van der Waals surface area contributed by atoms with Crippen LogP contribution in [0.15, 0.2) is 73.2 Å². The molecule has 0 saturated carbocycles. The second-order valence-corrected chi connectivity index (χ2v) is 14.2. The lowest BCUT2D eigenvalue weighted by Gasteiger charge is -2.34. The van der Waals surface area contributed by atoms with E-state index in [4.69, 9.17) is 0 Å². The molecule has 6 atom stereocenters. The van der Waals surface area contributed by atoms with Gasteiger partial charge in [0, 0.05) is 50.2 Å². The van der Waals surface area contributed by atoms with Crippen molar-refractivity contribution in [3.8, 4) is 0 Å². The Bertz CT molecular complexity index is 1610. The number of carbonyl (C=O) groups is 5. The summed E-state index contributed by atoms with van der Waals surface area (Å²) in [6, 6.07) is 13.9. The summed E-state index contributed by atoms with van der Waals surface area (Å²) in [6.45, 7) is 6.08. The van der Waals surface area contributed by atoms with Crippen molar-refractivity contribution >= 4 is 29.6 Å². The fourth-order valence-electron chi connectivity index (χ4n) is 6.62. The molecule has 1 aliphatic heterocycles. The van der Waals surface area contributed by atoms with Crippen molar-refractivity contribution in [1.29, 1.82) is 0 Å². The van der Waals surface area contributed by atoms with Gasteiger partial charge in [-0.05, 0) is 43.2 Å². The van der Waals surface area contributed by atoms with Gasteiger partial charge >= 0.3 is 5.97 Å². The van der Waals surface area contributed by atoms with Crippen LogP contribution in [0.5, 0.6) is 0 Å². The molecule has 4 rings (SSSR count). The third kappa shape index (κ3) is 12.2. The summed E-state index contributed by atoms with van der Waals surface area (Å²) in [5, 5.41) is 42.5. The quantitative estimate of drug-likeness (QED) is 0.0776. The molecule has 3 aromatic rings. The standard InChI is InChI=1S/C39H53N7O8/c1-24(2)20-31(48)42-29(16-17-32(49)50)36(51)44-34(25(3)47)38(53)43-30(21-28-22-40-23-41-28)37(52)45-35(39(54)46-18-10-11-19-46)33(26-12-6-4-7-13-26)27-14-8-5-9-15-27/h4-9,12-15,22-25,29-30,33-35,38,43,47,53H,10-11,16-21H2,1-3H3,(H,40,41)(H,42,48)(H,44,51)(H,45,52)(H,49,50)/t25-,29+,30+,34+,35+,38?/m1/s1. The Morgan fingerprint density at radius 3 is 1.94 bits per heavy atom. The van der Waals surface area contributed by atoms with E-state index in [2.05, 4.69) is 31.2 Å². The van der Waals surface area contributed by atoms with Gasteiger partial charge in [0.2, 0.25) is 23.6 Å². The van der Waals surface area contributed by atoms with Crippen molar-refractivity contribution in [2.75, 3.05) is 13.1 Å². The van der Waals surface area contributed by atoms with Gasteiger partial charge in [-0.2, -0.15) is 0 Å². The van der Waals surface area contributed by atoms with Crippen LogP contribution >= 0.6 is 0 Å². The molecule has 15 nitrogen and oxygen atoms in total. The number of likely N-dealkylation sites (tertiary alicyclic amines) is 1. The Morgan fingerprint density at radius 1 is 0.833 bits per heavy atom. The van der Waals surface area contributed by atoms with E-state index in [0.29, 0.717) is 18.8 Å². The first-order valence-electron chi connectivity index (χ1n) is 18.4. The van der Waals surface area contributed by atoms with Crippen molar-refractivity contribution in [1.82, 2.24) is 36.1 Å². The SMILES string of the molecule is CC(C)CC(=O)N[C@@H](CCC(=O)O)C(=O)N[C@H](C(O)N[C@@H](Cc1cnc[nH]1)C(=O)N[C@H](C(=O)N1CCCC1)C(c1ccccc1)c1ccccc1)[C@@H](C)O. The van der Waals surface area contributed by atoms with Crippen molar-refractivity contribution in [2.24, 2.45) is 5.92 Å². The lowest BCUT2D eigenvalue weighted by Crippen LogP contribution is -2.63. The van der Waals surface area contributed by atoms with E-state index in [9.17, 15) is 39.3 Å². The highest BCUT2D eigenvalue weighted by atomic mass is 16.4. The zero-order valence-electron chi connectivity index (χ0n) is 31.0. The molecule has 1 unspecified atom stereocenters. The number of aromatic amines is 1. The molecule has 4 amide bonds. The van der Waals surface area contributed by atoms with Crippen LogP contribution in [-0.4, -0.2) is 109 Å². The number of rotatable bonds is 20. The van der Waals surface area contributed by atoms with Crippen LogP contribution in [0.2, 0.25) is 0 Å². The molecule has 1 fully saturated rings. The van der Waals surface area contributed by atoms with Gasteiger partial charge in [0.1, 0.15) is 18.3 Å². The maximum atomic E-state index is 14.4. The van der Waals surface area contributed by atoms with Crippen LogP contribution in [0.4, 0.5) is 0 Å². The van der Waals surface area contributed by atoms with Crippen molar-refractivity contribution < 1.29 is 39.3 Å². The molecular weight excluding hydrogens is 694 g/mol. The van der Waals surface area contributed by atoms with E-state index in [1.807, 2.05) is 74.5 Å². The number of carboxylic acid groups (broad SMARTS) is 1. The number of benzene rings is 2. The van der Waals surface area contributed by atoms with Gasteiger partial charge in [0.25, 0.3) is 0 Å². The van der Waals surface area contributed by atoms with Crippen LogP contribution in [0.1, 0.15) is 75.6 Å². The minimum absolute atomic E-state index is 0.0247. The van der Waals surface area contributed by atoms with Crippen molar-refractivity contribution in [3.05, 3.63) is 90.0 Å². The third-order valence-corrected chi connectivity index (χ3v) is 9.36. The van der Waals surface area contributed by atoms with Crippen LogP contribution < -0.4 is 21.3 Å². The average molecular weight is 748 g/mol. The maximum absolute atomic E-state index is 14.4. The van der Waals surface area contributed by atoms with Gasteiger partial charge in [-0.1, -0.05) is 74.5 Å². The predicted octanol–water partition coefficient (Wildman–Crippen LogP) is 1.43. The summed E-state index contributed by atoms with van der Waals surface area (Å²) in [5.74, 6) is -3.92. The van der Waals surface area contributed by atoms with Gasteiger partial charge in [-0.25, -0.2) is 4.98 Å². The number of aromatic nitrogens is 2. The van der Waals surface area contributed by atoms with E-state index >= 15 is 0 Å². The van der Waals surface area contributed by atoms with E-state index in [1.54, 1.807) is 4.90 Å². The summed E-state index contributed by atoms with van der Waals surface area (Å²) in [6.07, 6.45) is 0.950. The van der Waals surface area contributed by atoms with E-state index < -0.39 is 72.5 Å². The number of H-pyrrole nitrogens is 1. The number of nitrogens with one attached hydrogen (secondary N) is 5. The number of amides is 4. The molecule has 1 aromatic heterocycles. The Balaban J connectivity index is 1.63. The molecule has 2 aromatic carbocycles. The normalized spacial score (nSPS) is 16.2. The smallest absolute Gasteiger partial charge is 0.303 e. The van der Waals surface area contributed by atoms with Gasteiger partial charge < -0.3 is 41.2 Å². The number of carbonyl (C=O) groups excluding carboxylic acids is 4. The molecule has 8 N–H and O–H groups in total. The van der Waals surface area contributed by atoms with Crippen LogP contribution in [-0.2, 0) is 30.4 Å². The lowest BCUT2D eigenvalue weighted by atomic mass is 9.84. The molecule has 0 bridgehead atoms. The maximum Gasteiger partial charge on any atom is 0.303 e. The predicted molar refractivity (Wildman–Crippen MR) is 200 cm³/mol.